The zero-order chi connectivity index (χ0) is 12.4. The highest BCUT2D eigenvalue weighted by Crippen LogP contribution is 2.26. The van der Waals surface area contributed by atoms with Crippen molar-refractivity contribution in [3.05, 3.63) is 35.7 Å². The number of hydrogen-bond acceptors (Lipinski definition) is 3. The zero-order valence-corrected chi connectivity index (χ0v) is 9.94. The first-order valence-corrected chi connectivity index (χ1v) is 5.50. The molecule has 0 aliphatic rings. The molecular weight excluding hydrogens is 212 g/mol. The fourth-order valence-corrected chi connectivity index (χ4v) is 1.90. The van der Waals surface area contributed by atoms with Crippen LogP contribution in [0.25, 0.3) is 11.3 Å². The Morgan fingerprint density at radius 3 is 2.47 bits per heavy atom. The van der Waals surface area contributed by atoms with Crippen LogP contribution in [0.1, 0.15) is 18.3 Å². The standard InChI is InChI=1S/C13H14N4/c1-3-17-9(2)16-12(13(17)15)11-6-4-10(8-14)5-7-11/h4-7H,3,15H2,1-2H3. The van der Waals surface area contributed by atoms with Crippen molar-refractivity contribution >= 4 is 5.82 Å². The molecule has 2 N–H and O–H groups in total. The van der Waals surface area contributed by atoms with Crippen molar-refractivity contribution in [2.45, 2.75) is 20.4 Å². The average Bonchev–Trinajstić information content (AvgIpc) is 2.64. The molecule has 0 unspecified atom stereocenters. The maximum atomic E-state index is 8.75. The van der Waals surface area contributed by atoms with Crippen molar-refractivity contribution in [2.75, 3.05) is 5.73 Å². The van der Waals surface area contributed by atoms with Crippen molar-refractivity contribution in [1.29, 1.82) is 5.26 Å². The largest absolute Gasteiger partial charge is 0.383 e. The Bertz CT molecular complexity index is 573. The Kier molecular flexibility index (Phi) is 2.84. The van der Waals surface area contributed by atoms with Crippen LogP contribution in [0.3, 0.4) is 0 Å². The molecule has 0 amide bonds. The third-order valence-electron chi connectivity index (χ3n) is 2.80. The molecule has 0 aliphatic carbocycles. The van der Waals surface area contributed by atoms with Gasteiger partial charge in [-0.2, -0.15) is 5.26 Å². The molecule has 0 radical (unpaired) electrons. The summed E-state index contributed by atoms with van der Waals surface area (Å²) in [7, 11) is 0. The summed E-state index contributed by atoms with van der Waals surface area (Å²) >= 11 is 0. The number of nitriles is 1. The monoisotopic (exact) mass is 226 g/mol. The number of benzene rings is 1. The predicted molar refractivity (Wildman–Crippen MR) is 67.2 cm³/mol. The number of aromatic nitrogens is 2. The van der Waals surface area contributed by atoms with E-state index in [1.165, 1.54) is 0 Å². The SMILES string of the molecule is CCn1c(C)nc(-c2ccc(C#N)cc2)c1N. The average molecular weight is 226 g/mol. The van der Waals surface area contributed by atoms with Gasteiger partial charge in [0.05, 0.1) is 11.6 Å². The molecule has 0 spiro atoms. The highest BCUT2D eigenvalue weighted by Gasteiger charge is 2.12. The Hall–Kier alpha value is -2.28. The number of aryl methyl sites for hydroxylation is 1. The van der Waals surface area contributed by atoms with E-state index in [-0.39, 0.29) is 0 Å². The van der Waals surface area contributed by atoms with Crippen LogP contribution in [-0.4, -0.2) is 9.55 Å². The molecule has 1 aromatic carbocycles. The molecule has 17 heavy (non-hydrogen) atoms. The smallest absolute Gasteiger partial charge is 0.131 e. The summed E-state index contributed by atoms with van der Waals surface area (Å²) in [6, 6.07) is 9.38. The Morgan fingerprint density at radius 2 is 2.00 bits per heavy atom. The van der Waals surface area contributed by atoms with Crippen LogP contribution in [0, 0.1) is 18.3 Å². The van der Waals surface area contributed by atoms with Gasteiger partial charge in [0.1, 0.15) is 17.3 Å². The molecule has 2 rings (SSSR count). The highest BCUT2D eigenvalue weighted by molar-refractivity contribution is 5.71. The third-order valence-corrected chi connectivity index (χ3v) is 2.80. The molecule has 1 heterocycles. The quantitative estimate of drug-likeness (QED) is 0.854. The van der Waals surface area contributed by atoms with E-state index in [1.807, 2.05) is 30.5 Å². The number of nitrogens with two attached hydrogens (primary N) is 1. The van der Waals surface area contributed by atoms with E-state index in [0.717, 1.165) is 23.6 Å². The van der Waals surface area contributed by atoms with Crippen LogP contribution >= 0.6 is 0 Å². The number of nitrogens with zero attached hydrogens (tertiary/aromatic N) is 3. The van der Waals surface area contributed by atoms with E-state index in [2.05, 4.69) is 11.1 Å². The Balaban J connectivity index is 2.50. The molecule has 1 aromatic heterocycles. The number of anilines is 1. The first kappa shape index (κ1) is 11.2. The molecule has 0 saturated heterocycles. The third kappa shape index (κ3) is 1.87. The van der Waals surface area contributed by atoms with Gasteiger partial charge in [-0.3, -0.25) is 0 Å². The van der Waals surface area contributed by atoms with Gasteiger partial charge >= 0.3 is 0 Å². The van der Waals surface area contributed by atoms with Gasteiger partial charge in [0.15, 0.2) is 0 Å². The molecule has 0 fully saturated rings. The Morgan fingerprint density at radius 1 is 1.35 bits per heavy atom. The van der Waals surface area contributed by atoms with E-state index >= 15 is 0 Å². The second kappa shape index (κ2) is 4.30. The summed E-state index contributed by atoms with van der Waals surface area (Å²) in [4.78, 5) is 4.46. The Labute approximate surface area is 100 Å². The normalized spacial score (nSPS) is 10.2. The minimum absolute atomic E-state index is 0.638. The molecule has 0 saturated carbocycles. The van der Waals surface area contributed by atoms with Crippen molar-refractivity contribution in [3.63, 3.8) is 0 Å². The van der Waals surface area contributed by atoms with Gasteiger partial charge in [0.2, 0.25) is 0 Å². The van der Waals surface area contributed by atoms with Crippen molar-refractivity contribution in [3.8, 4) is 17.3 Å². The van der Waals surface area contributed by atoms with Crippen LogP contribution in [0.4, 0.5) is 5.82 Å². The van der Waals surface area contributed by atoms with Crippen molar-refractivity contribution in [2.24, 2.45) is 0 Å². The van der Waals surface area contributed by atoms with Crippen LogP contribution in [-0.2, 0) is 6.54 Å². The number of rotatable bonds is 2. The lowest BCUT2D eigenvalue weighted by Gasteiger charge is -2.03. The summed E-state index contributed by atoms with van der Waals surface area (Å²) in [5.41, 5.74) is 8.42. The second-order valence-corrected chi connectivity index (χ2v) is 3.83. The van der Waals surface area contributed by atoms with Crippen molar-refractivity contribution in [1.82, 2.24) is 9.55 Å². The van der Waals surface area contributed by atoms with E-state index in [0.29, 0.717) is 11.4 Å². The molecule has 4 nitrogen and oxygen atoms in total. The van der Waals surface area contributed by atoms with Gasteiger partial charge in [-0.25, -0.2) is 4.98 Å². The van der Waals surface area contributed by atoms with E-state index in [1.54, 1.807) is 12.1 Å². The molecule has 86 valence electrons. The molecule has 0 aliphatic heterocycles. The summed E-state index contributed by atoms with van der Waals surface area (Å²) < 4.78 is 1.97. The van der Waals surface area contributed by atoms with Gasteiger partial charge in [-0.05, 0) is 26.0 Å². The maximum absolute atomic E-state index is 8.75. The van der Waals surface area contributed by atoms with E-state index in [9.17, 15) is 0 Å². The molecule has 4 heteroatoms. The number of nitrogen functional groups attached to an aromatic ring is 1. The minimum atomic E-state index is 0.638. The molecule has 2 aromatic rings. The number of imidazole rings is 1. The number of hydrogen-bond donors (Lipinski definition) is 1. The van der Waals surface area contributed by atoms with E-state index < -0.39 is 0 Å². The first-order chi connectivity index (χ1) is 8.17. The van der Waals surface area contributed by atoms with Crippen molar-refractivity contribution < 1.29 is 0 Å². The second-order valence-electron chi connectivity index (χ2n) is 3.83. The lowest BCUT2D eigenvalue weighted by atomic mass is 10.1. The summed E-state index contributed by atoms with van der Waals surface area (Å²) in [6.07, 6.45) is 0. The molecule has 0 atom stereocenters. The molecular formula is C13H14N4. The first-order valence-electron chi connectivity index (χ1n) is 5.50. The lowest BCUT2D eigenvalue weighted by Crippen LogP contribution is -2.02. The fourth-order valence-electron chi connectivity index (χ4n) is 1.90. The highest BCUT2D eigenvalue weighted by atomic mass is 15.1. The summed E-state index contributed by atoms with van der Waals surface area (Å²) in [5.74, 6) is 1.58. The lowest BCUT2D eigenvalue weighted by molar-refractivity contribution is 0.739. The van der Waals surface area contributed by atoms with Gasteiger partial charge in [-0.1, -0.05) is 12.1 Å². The van der Waals surface area contributed by atoms with Crippen LogP contribution in [0.15, 0.2) is 24.3 Å². The minimum Gasteiger partial charge on any atom is -0.383 e. The maximum Gasteiger partial charge on any atom is 0.131 e. The summed E-state index contributed by atoms with van der Waals surface area (Å²) in [5, 5.41) is 8.75. The van der Waals surface area contributed by atoms with Gasteiger partial charge in [-0.15, -0.1) is 0 Å². The topological polar surface area (TPSA) is 67.6 Å². The van der Waals surface area contributed by atoms with Crippen LogP contribution in [0.2, 0.25) is 0 Å². The van der Waals surface area contributed by atoms with E-state index in [4.69, 9.17) is 11.0 Å². The van der Waals surface area contributed by atoms with Crippen LogP contribution < -0.4 is 5.73 Å². The summed E-state index contributed by atoms with van der Waals surface area (Å²) in [6.45, 7) is 4.78. The predicted octanol–water partition coefficient (Wildman–Crippen LogP) is 2.33. The van der Waals surface area contributed by atoms with Gasteiger partial charge in [0.25, 0.3) is 0 Å². The zero-order valence-electron chi connectivity index (χ0n) is 9.94. The van der Waals surface area contributed by atoms with Crippen LogP contribution in [0.5, 0.6) is 0 Å². The van der Waals surface area contributed by atoms with Gasteiger partial charge < -0.3 is 10.3 Å². The fraction of sp³-hybridized carbons (Fsp3) is 0.231. The van der Waals surface area contributed by atoms with Gasteiger partial charge in [0, 0.05) is 12.1 Å². The molecule has 0 bridgehead atoms.